The van der Waals surface area contributed by atoms with Gasteiger partial charge < -0.3 is 15.0 Å². The third-order valence-electron chi connectivity index (χ3n) is 3.88. The first-order chi connectivity index (χ1) is 13.0. The van der Waals surface area contributed by atoms with Crippen molar-refractivity contribution >= 4 is 11.9 Å². The van der Waals surface area contributed by atoms with Gasteiger partial charge in [-0.1, -0.05) is 37.3 Å². The quantitative estimate of drug-likeness (QED) is 0.663. The van der Waals surface area contributed by atoms with Crippen LogP contribution < -0.4 is 5.32 Å². The zero-order valence-electron chi connectivity index (χ0n) is 16.0. The molecule has 0 aliphatic heterocycles. The number of likely N-dealkylation sites (N-methyl/N-ethyl adjacent to an activating group) is 1. The van der Waals surface area contributed by atoms with E-state index in [0.29, 0.717) is 18.7 Å². The molecule has 2 rings (SSSR count). The maximum atomic E-state index is 12.4. The fourth-order valence-electron chi connectivity index (χ4n) is 2.33. The molecule has 1 aromatic carbocycles. The zero-order valence-corrected chi connectivity index (χ0v) is 16.0. The lowest BCUT2D eigenvalue weighted by Crippen LogP contribution is -2.42. The van der Waals surface area contributed by atoms with Gasteiger partial charge in [-0.25, -0.2) is 4.79 Å². The number of hydrogen-bond donors (Lipinski definition) is 1. The number of alkyl carbamates (subject to hydrolysis) is 1. The minimum atomic E-state index is -0.663. The van der Waals surface area contributed by atoms with Gasteiger partial charge in [0.05, 0.1) is 6.04 Å². The Labute approximate surface area is 158 Å². The first-order valence-corrected chi connectivity index (χ1v) is 8.89. The summed E-state index contributed by atoms with van der Waals surface area (Å²) >= 11 is 0. The third kappa shape index (κ3) is 7.14. The van der Waals surface area contributed by atoms with Crippen molar-refractivity contribution in [1.82, 2.24) is 30.4 Å². The Kier molecular flexibility index (Phi) is 7.87. The number of ether oxygens (including phenoxy) is 1. The standard InChI is InChI=1S/C18H26N6O3/c1-4-15(19-18(26)27-13-14-8-6-5-7-9-14)16(25)12-24-21-17(20-22-24)10-11-23(2)3/h5-9,15H,4,10-13H2,1-3H3,(H,19,26). The van der Waals surface area contributed by atoms with E-state index in [0.717, 1.165) is 12.1 Å². The van der Waals surface area contributed by atoms with Crippen LogP contribution in [0.4, 0.5) is 4.79 Å². The SMILES string of the molecule is CCC(NC(=O)OCc1ccccc1)C(=O)Cn1nnc(CCN(C)C)n1. The number of hydrogen-bond acceptors (Lipinski definition) is 7. The maximum absolute atomic E-state index is 12.4. The van der Waals surface area contributed by atoms with Crippen LogP contribution >= 0.6 is 0 Å². The summed E-state index contributed by atoms with van der Waals surface area (Å²) in [6.07, 6.45) is 0.474. The van der Waals surface area contributed by atoms with Crippen LogP contribution in [0.25, 0.3) is 0 Å². The molecule has 0 spiro atoms. The van der Waals surface area contributed by atoms with Crippen molar-refractivity contribution in [2.24, 2.45) is 0 Å². The van der Waals surface area contributed by atoms with E-state index in [-0.39, 0.29) is 18.9 Å². The topological polar surface area (TPSA) is 102 Å². The van der Waals surface area contributed by atoms with E-state index < -0.39 is 12.1 Å². The van der Waals surface area contributed by atoms with Crippen molar-refractivity contribution in [1.29, 1.82) is 0 Å². The predicted molar refractivity (Wildman–Crippen MR) is 98.9 cm³/mol. The fourth-order valence-corrected chi connectivity index (χ4v) is 2.33. The van der Waals surface area contributed by atoms with Crippen molar-refractivity contribution < 1.29 is 14.3 Å². The van der Waals surface area contributed by atoms with E-state index in [4.69, 9.17) is 4.74 Å². The highest BCUT2D eigenvalue weighted by molar-refractivity contribution is 5.87. The van der Waals surface area contributed by atoms with Crippen LogP contribution in [-0.2, 0) is 29.1 Å². The number of carbonyl (C=O) groups excluding carboxylic acids is 2. The van der Waals surface area contributed by atoms with Gasteiger partial charge in [-0.15, -0.1) is 10.2 Å². The molecule has 1 amide bonds. The molecule has 1 atom stereocenters. The van der Waals surface area contributed by atoms with Crippen molar-refractivity contribution in [2.75, 3.05) is 20.6 Å². The minimum Gasteiger partial charge on any atom is -0.445 e. The average Bonchev–Trinajstić information content (AvgIpc) is 3.10. The largest absolute Gasteiger partial charge is 0.445 e. The summed E-state index contributed by atoms with van der Waals surface area (Å²) in [5.74, 6) is 0.380. The van der Waals surface area contributed by atoms with E-state index in [1.54, 1.807) is 0 Å². The Balaban J connectivity index is 1.81. The molecule has 9 heteroatoms. The summed E-state index contributed by atoms with van der Waals surface area (Å²) < 4.78 is 5.16. The van der Waals surface area contributed by atoms with Crippen LogP contribution in [0.3, 0.4) is 0 Å². The van der Waals surface area contributed by atoms with E-state index in [1.807, 2.05) is 56.3 Å². The second-order valence-electron chi connectivity index (χ2n) is 6.42. The number of benzene rings is 1. The molecule has 0 saturated heterocycles. The monoisotopic (exact) mass is 374 g/mol. The van der Waals surface area contributed by atoms with Crippen molar-refractivity contribution in [3.8, 4) is 0 Å². The fraction of sp³-hybridized carbons (Fsp3) is 0.500. The molecule has 9 nitrogen and oxygen atoms in total. The van der Waals surface area contributed by atoms with Crippen molar-refractivity contribution in [3.05, 3.63) is 41.7 Å². The molecule has 0 radical (unpaired) electrons. The van der Waals surface area contributed by atoms with Crippen LogP contribution in [0.5, 0.6) is 0 Å². The second-order valence-corrected chi connectivity index (χ2v) is 6.42. The van der Waals surface area contributed by atoms with Gasteiger partial charge in [0.25, 0.3) is 0 Å². The van der Waals surface area contributed by atoms with Crippen molar-refractivity contribution in [2.45, 2.75) is 39.0 Å². The molecule has 1 heterocycles. The van der Waals surface area contributed by atoms with E-state index in [9.17, 15) is 9.59 Å². The number of carbonyl (C=O) groups is 2. The molecule has 0 saturated carbocycles. The normalized spacial score (nSPS) is 12.0. The lowest BCUT2D eigenvalue weighted by atomic mass is 10.1. The highest BCUT2D eigenvalue weighted by atomic mass is 16.5. The number of aromatic nitrogens is 4. The van der Waals surface area contributed by atoms with E-state index in [2.05, 4.69) is 20.7 Å². The van der Waals surface area contributed by atoms with Crippen LogP contribution in [-0.4, -0.2) is 63.7 Å². The number of Topliss-reactive ketones (excluding diaryl/α,β-unsaturated/α-hetero) is 1. The smallest absolute Gasteiger partial charge is 0.408 e. The predicted octanol–water partition coefficient (Wildman–Crippen LogP) is 1.05. The summed E-state index contributed by atoms with van der Waals surface area (Å²) in [4.78, 5) is 27.7. The van der Waals surface area contributed by atoms with Gasteiger partial charge >= 0.3 is 6.09 Å². The summed E-state index contributed by atoms with van der Waals surface area (Å²) in [5.41, 5.74) is 0.879. The molecule has 0 bridgehead atoms. The molecular formula is C18H26N6O3. The van der Waals surface area contributed by atoms with Crippen LogP contribution in [0.1, 0.15) is 24.7 Å². The van der Waals surface area contributed by atoms with Gasteiger partial charge in [-0.2, -0.15) is 4.80 Å². The Morgan fingerprint density at radius 2 is 2.00 bits per heavy atom. The minimum absolute atomic E-state index is 0.0492. The van der Waals surface area contributed by atoms with Gasteiger partial charge in [-0.3, -0.25) is 4.79 Å². The Morgan fingerprint density at radius 1 is 1.26 bits per heavy atom. The molecular weight excluding hydrogens is 348 g/mol. The molecule has 0 aliphatic carbocycles. The van der Waals surface area contributed by atoms with Gasteiger partial charge in [-0.05, 0) is 31.3 Å². The molecule has 0 fully saturated rings. The maximum Gasteiger partial charge on any atom is 0.408 e. The lowest BCUT2D eigenvalue weighted by Gasteiger charge is -2.15. The molecule has 1 unspecified atom stereocenters. The Hall–Kier alpha value is -2.81. The average molecular weight is 374 g/mol. The van der Waals surface area contributed by atoms with E-state index >= 15 is 0 Å². The molecule has 0 aliphatic rings. The Morgan fingerprint density at radius 3 is 2.67 bits per heavy atom. The highest BCUT2D eigenvalue weighted by Crippen LogP contribution is 2.02. The molecule has 27 heavy (non-hydrogen) atoms. The van der Waals surface area contributed by atoms with Crippen LogP contribution in [0.2, 0.25) is 0 Å². The van der Waals surface area contributed by atoms with Gasteiger partial charge in [0, 0.05) is 13.0 Å². The first kappa shape index (κ1) is 20.5. The number of rotatable bonds is 10. The molecule has 146 valence electrons. The number of ketones is 1. The molecule has 1 aromatic heterocycles. The molecule has 2 aromatic rings. The Bertz CT molecular complexity index is 732. The van der Waals surface area contributed by atoms with Gasteiger partial charge in [0.2, 0.25) is 0 Å². The summed E-state index contributed by atoms with van der Waals surface area (Å²) in [6, 6.07) is 8.68. The number of tetrazole rings is 1. The summed E-state index contributed by atoms with van der Waals surface area (Å²) in [7, 11) is 3.92. The second kappa shape index (κ2) is 10.4. The summed E-state index contributed by atoms with van der Waals surface area (Å²) in [6.45, 7) is 2.72. The first-order valence-electron chi connectivity index (χ1n) is 8.89. The van der Waals surface area contributed by atoms with Crippen LogP contribution in [0, 0.1) is 0 Å². The van der Waals surface area contributed by atoms with Gasteiger partial charge in [0.15, 0.2) is 11.6 Å². The number of nitrogens with one attached hydrogen (secondary N) is 1. The third-order valence-corrected chi connectivity index (χ3v) is 3.88. The van der Waals surface area contributed by atoms with E-state index in [1.165, 1.54) is 4.80 Å². The lowest BCUT2D eigenvalue weighted by molar-refractivity contribution is -0.122. The van der Waals surface area contributed by atoms with Crippen LogP contribution in [0.15, 0.2) is 30.3 Å². The van der Waals surface area contributed by atoms with Crippen molar-refractivity contribution in [3.63, 3.8) is 0 Å². The number of nitrogens with zero attached hydrogens (tertiary/aromatic N) is 5. The highest BCUT2D eigenvalue weighted by Gasteiger charge is 2.21. The van der Waals surface area contributed by atoms with Gasteiger partial charge in [0.1, 0.15) is 13.2 Å². The zero-order chi connectivity index (χ0) is 19.6. The number of amides is 1. The molecule has 1 N–H and O–H groups in total. The summed E-state index contributed by atoms with van der Waals surface area (Å²) in [5, 5.41) is 14.6.